The van der Waals surface area contributed by atoms with Crippen molar-refractivity contribution in [2.45, 2.75) is 33.1 Å². The van der Waals surface area contributed by atoms with Gasteiger partial charge < -0.3 is 9.80 Å². The largest absolute Gasteiger partial charge is 0.341 e. The molecule has 5 nitrogen and oxygen atoms in total. The normalized spacial score (nSPS) is 15.1. The van der Waals surface area contributed by atoms with Gasteiger partial charge in [0.25, 0.3) is 5.91 Å². The van der Waals surface area contributed by atoms with Crippen molar-refractivity contribution in [2.24, 2.45) is 5.92 Å². The van der Waals surface area contributed by atoms with Crippen molar-refractivity contribution in [3.05, 3.63) is 35.4 Å². The third-order valence-corrected chi connectivity index (χ3v) is 4.67. The highest BCUT2D eigenvalue weighted by Gasteiger charge is 2.26. The summed E-state index contributed by atoms with van der Waals surface area (Å²) in [4.78, 5) is 28.9. The van der Waals surface area contributed by atoms with Gasteiger partial charge >= 0.3 is 0 Å². The van der Waals surface area contributed by atoms with E-state index in [1.807, 2.05) is 18.7 Å². The van der Waals surface area contributed by atoms with Crippen LogP contribution in [-0.4, -0.2) is 47.8 Å². The molecule has 0 N–H and O–H groups in total. The standard InChI is InChI=1S/C19H25N3O2/c1-3-16(4-2)18(23)21-9-6-10-22(12-11-21)19(24)17-8-5-7-15(13-17)14-20/h5,7-8,13,16H,3-4,6,9-12H2,1-2H3. The molecule has 1 aromatic rings. The van der Waals surface area contributed by atoms with E-state index >= 15 is 0 Å². The zero-order valence-electron chi connectivity index (χ0n) is 14.5. The number of amides is 2. The summed E-state index contributed by atoms with van der Waals surface area (Å²) < 4.78 is 0. The first kappa shape index (κ1) is 18.0. The molecular weight excluding hydrogens is 302 g/mol. The quantitative estimate of drug-likeness (QED) is 0.854. The number of nitriles is 1. The third-order valence-electron chi connectivity index (χ3n) is 4.67. The van der Waals surface area contributed by atoms with E-state index in [4.69, 9.17) is 5.26 Å². The fourth-order valence-electron chi connectivity index (χ4n) is 3.14. The van der Waals surface area contributed by atoms with Gasteiger partial charge in [0.2, 0.25) is 5.91 Å². The van der Waals surface area contributed by atoms with Crippen molar-refractivity contribution < 1.29 is 9.59 Å². The van der Waals surface area contributed by atoms with Crippen LogP contribution in [0.5, 0.6) is 0 Å². The Bertz CT molecular complexity index is 632. The first-order valence-electron chi connectivity index (χ1n) is 8.68. The van der Waals surface area contributed by atoms with Crippen LogP contribution >= 0.6 is 0 Å². The van der Waals surface area contributed by atoms with Gasteiger partial charge in [-0.2, -0.15) is 5.26 Å². The Kier molecular flexibility index (Phi) is 6.36. The van der Waals surface area contributed by atoms with Crippen molar-refractivity contribution in [1.82, 2.24) is 9.80 Å². The minimum absolute atomic E-state index is 0.0658. The number of rotatable bonds is 4. The Balaban J connectivity index is 2.03. The van der Waals surface area contributed by atoms with Gasteiger partial charge in [0.05, 0.1) is 11.6 Å². The van der Waals surface area contributed by atoms with Gasteiger partial charge in [0, 0.05) is 37.7 Å². The predicted molar refractivity (Wildman–Crippen MR) is 92.3 cm³/mol. The average Bonchev–Trinajstić information content (AvgIpc) is 2.88. The molecule has 0 aromatic heterocycles. The summed E-state index contributed by atoms with van der Waals surface area (Å²) >= 11 is 0. The third kappa shape index (κ3) is 4.14. The molecular formula is C19H25N3O2. The predicted octanol–water partition coefficient (Wildman–Crippen LogP) is 2.67. The molecule has 1 aliphatic heterocycles. The van der Waals surface area contributed by atoms with Gasteiger partial charge in [-0.25, -0.2) is 0 Å². The molecule has 0 atom stereocenters. The maximum Gasteiger partial charge on any atom is 0.253 e. The van der Waals surface area contributed by atoms with E-state index in [2.05, 4.69) is 6.07 Å². The lowest BCUT2D eigenvalue weighted by atomic mass is 10.0. The first-order valence-corrected chi connectivity index (χ1v) is 8.68. The molecule has 2 rings (SSSR count). The summed E-state index contributed by atoms with van der Waals surface area (Å²) in [6.07, 6.45) is 2.50. The van der Waals surface area contributed by atoms with Gasteiger partial charge in [-0.1, -0.05) is 19.9 Å². The van der Waals surface area contributed by atoms with Gasteiger partial charge in [-0.05, 0) is 37.5 Å². The molecule has 0 spiro atoms. The molecule has 0 aliphatic carbocycles. The molecule has 128 valence electrons. The minimum atomic E-state index is -0.0658. The Morgan fingerprint density at radius 1 is 1.12 bits per heavy atom. The Morgan fingerprint density at radius 2 is 1.79 bits per heavy atom. The molecule has 0 saturated carbocycles. The molecule has 2 amide bonds. The van der Waals surface area contributed by atoms with Crippen LogP contribution < -0.4 is 0 Å². The molecule has 0 unspecified atom stereocenters. The van der Waals surface area contributed by atoms with Gasteiger partial charge in [0.15, 0.2) is 0 Å². The van der Waals surface area contributed by atoms with E-state index in [9.17, 15) is 9.59 Å². The second-order valence-electron chi connectivity index (χ2n) is 6.18. The maximum atomic E-state index is 12.7. The SMILES string of the molecule is CCC(CC)C(=O)N1CCCN(C(=O)c2cccc(C#N)c2)CC1. The topological polar surface area (TPSA) is 64.4 Å². The van der Waals surface area contributed by atoms with E-state index in [0.29, 0.717) is 37.3 Å². The maximum absolute atomic E-state index is 12.7. The fourth-order valence-corrected chi connectivity index (χ4v) is 3.14. The smallest absolute Gasteiger partial charge is 0.253 e. The summed E-state index contributed by atoms with van der Waals surface area (Å²) in [7, 11) is 0. The molecule has 1 aliphatic rings. The van der Waals surface area contributed by atoms with Crippen LogP contribution in [0.2, 0.25) is 0 Å². The molecule has 5 heteroatoms. The summed E-state index contributed by atoms with van der Waals surface area (Å²) in [5.41, 5.74) is 1.02. The van der Waals surface area contributed by atoms with Crippen molar-refractivity contribution in [2.75, 3.05) is 26.2 Å². The lowest BCUT2D eigenvalue weighted by molar-refractivity contribution is -0.135. The van der Waals surface area contributed by atoms with Crippen molar-refractivity contribution in [3.8, 4) is 6.07 Å². The molecule has 1 saturated heterocycles. The lowest BCUT2D eigenvalue weighted by Crippen LogP contribution is -2.39. The summed E-state index contributed by atoms with van der Waals surface area (Å²) in [6, 6.07) is 8.84. The number of hydrogen-bond donors (Lipinski definition) is 0. The molecule has 1 fully saturated rings. The van der Waals surface area contributed by atoms with Crippen molar-refractivity contribution >= 4 is 11.8 Å². The average molecular weight is 327 g/mol. The van der Waals surface area contributed by atoms with E-state index in [0.717, 1.165) is 19.3 Å². The molecule has 1 aromatic carbocycles. The van der Waals surface area contributed by atoms with Crippen molar-refractivity contribution in [1.29, 1.82) is 5.26 Å². The molecule has 24 heavy (non-hydrogen) atoms. The number of hydrogen-bond acceptors (Lipinski definition) is 3. The van der Waals surface area contributed by atoms with Crippen LogP contribution in [0, 0.1) is 17.2 Å². The fraction of sp³-hybridized carbons (Fsp3) is 0.526. The van der Waals surface area contributed by atoms with Gasteiger partial charge in [0.1, 0.15) is 0 Å². The second-order valence-corrected chi connectivity index (χ2v) is 6.18. The van der Waals surface area contributed by atoms with E-state index in [1.54, 1.807) is 29.2 Å². The van der Waals surface area contributed by atoms with E-state index in [1.165, 1.54) is 0 Å². The zero-order valence-corrected chi connectivity index (χ0v) is 14.5. The zero-order chi connectivity index (χ0) is 17.5. The summed E-state index contributed by atoms with van der Waals surface area (Å²) in [5.74, 6) is 0.226. The highest BCUT2D eigenvalue weighted by molar-refractivity contribution is 5.94. The number of carbonyl (C=O) groups is 2. The van der Waals surface area contributed by atoms with E-state index < -0.39 is 0 Å². The highest BCUT2D eigenvalue weighted by Crippen LogP contribution is 2.16. The van der Waals surface area contributed by atoms with Gasteiger partial charge in [-0.3, -0.25) is 9.59 Å². The lowest BCUT2D eigenvalue weighted by Gasteiger charge is -2.25. The number of carbonyl (C=O) groups excluding carboxylic acids is 2. The number of benzene rings is 1. The Labute approximate surface area is 143 Å². The van der Waals surface area contributed by atoms with Crippen LogP contribution in [0.25, 0.3) is 0 Å². The Hall–Kier alpha value is -2.35. The van der Waals surface area contributed by atoms with Crippen LogP contribution in [0.4, 0.5) is 0 Å². The van der Waals surface area contributed by atoms with Crippen LogP contribution in [0.1, 0.15) is 49.0 Å². The van der Waals surface area contributed by atoms with Crippen molar-refractivity contribution in [3.63, 3.8) is 0 Å². The monoisotopic (exact) mass is 327 g/mol. The highest BCUT2D eigenvalue weighted by atomic mass is 16.2. The molecule has 0 radical (unpaired) electrons. The molecule has 0 bridgehead atoms. The minimum Gasteiger partial charge on any atom is -0.341 e. The van der Waals surface area contributed by atoms with Crippen LogP contribution in [0.3, 0.4) is 0 Å². The summed E-state index contributed by atoms with van der Waals surface area (Å²) in [5, 5.41) is 8.97. The Morgan fingerprint density at radius 3 is 2.46 bits per heavy atom. The van der Waals surface area contributed by atoms with Crippen LogP contribution in [-0.2, 0) is 4.79 Å². The number of nitrogens with zero attached hydrogens (tertiary/aromatic N) is 3. The van der Waals surface area contributed by atoms with E-state index in [-0.39, 0.29) is 17.7 Å². The van der Waals surface area contributed by atoms with Gasteiger partial charge in [-0.15, -0.1) is 0 Å². The second kappa shape index (κ2) is 8.49. The summed E-state index contributed by atoms with van der Waals surface area (Å²) in [6.45, 7) is 6.56. The first-order chi connectivity index (χ1) is 11.6. The van der Waals surface area contributed by atoms with Crippen LogP contribution in [0.15, 0.2) is 24.3 Å². The molecule has 1 heterocycles.